The Morgan fingerprint density at radius 3 is 2.85 bits per heavy atom. The molecule has 6 heteroatoms. The summed E-state index contributed by atoms with van der Waals surface area (Å²) in [7, 11) is 0. The van der Waals surface area contributed by atoms with E-state index in [-0.39, 0.29) is 11.9 Å². The standard InChI is InChI=1S/C21H27ClN2O3/c1-16-14-17(8-9-18(16)22)26-12-5-7-21(25)23-15-19(20-6-4-13-27-20)24-10-2-3-11-24/h4,6,8-9,13-14,19H,2-3,5,7,10-12,15H2,1H3,(H,23,25). The van der Waals surface area contributed by atoms with Crippen LogP contribution in [0.2, 0.25) is 5.02 Å². The number of likely N-dealkylation sites (tertiary alicyclic amines) is 1. The molecule has 1 N–H and O–H groups in total. The molecule has 1 aromatic heterocycles. The number of hydrogen-bond acceptors (Lipinski definition) is 4. The summed E-state index contributed by atoms with van der Waals surface area (Å²) >= 11 is 6.01. The maximum absolute atomic E-state index is 12.2. The van der Waals surface area contributed by atoms with Crippen LogP contribution in [0.5, 0.6) is 5.75 Å². The van der Waals surface area contributed by atoms with E-state index in [9.17, 15) is 4.79 Å². The van der Waals surface area contributed by atoms with Crippen molar-refractivity contribution in [1.82, 2.24) is 10.2 Å². The number of hydrogen-bond donors (Lipinski definition) is 1. The Morgan fingerprint density at radius 1 is 1.33 bits per heavy atom. The molecular formula is C21H27ClN2O3. The van der Waals surface area contributed by atoms with Gasteiger partial charge in [-0.3, -0.25) is 9.69 Å². The van der Waals surface area contributed by atoms with Crippen LogP contribution in [0.4, 0.5) is 0 Å². The highest BCUT2D eigenvalue weighted by molar-refractivity contribution is 6.31. The lowest BCUT2D eigenvalue weighted by molar-refractivity contribution is -0.121. The number of carbonyl (C=O) groups is 1. The van der Waals surface area contributed by atoms with Crippen molar-refractivity contribution in [3.05, 3.63) is 52.9 Å². The lowest BCUT2D eigenvalue weighted by Gasteiger charge is -2.26. The maximum Gasteiger partial charge on any atom is 0.220 e. The molecule has 0 bridgehead atoms. The first-order chi connectivity index (χ1) is 13.1. The van der Waals surface area contributed by atoms with Gasteiger partial charge >= 0.3 is 0 Å². The fourth-order valence-electron chi connectivity index (χ4n) is 3.37. The molecule has 0 spiro atoms. The van der Waals surface area contributed by atoms with Crippen molar-refractivity contribution in [2.75, 3.05) is 26.2 Å². The predicted octanol–water partition coefficient (Wildman–Crippen LogP) is 4.35. The van der Waals surface area contributed by atoms with Gasteiger partial charge < -0.3 is 14.5 Å². The number of furan rings is 1. The van der Waals surface area contributed by atoms with Gasteiger partial charge in [-0.05, 0) is 75.2 Å². The molecular weight excluding hydrogens is 364 g/mol. The minimum Gasteiger partial charge on any atom is -0.494 e. The third-order valence-corrected chi connectivity index (χ3v) is 5.32. The largest absolute Gasteiger partial charge is 0.494 e. The first-order valence-corrected chi connectivity index (χ1v) is 9.94. The average molecular weight is 391 g/mol. The highest BCUT2D eigenvalue weighted by atomic mass is 35.5. The fourth-order valence-corrected chi connectivity index (χ4v) is 3.49. The zero-order valence-corrected chi connectivity index (χ0v) is 16.5. The van der Waals surface area contributed by atoms with Crippen LogP contribution in [-0.4, -0.2) is 37.0 Å². The summed E-state index contributed by atoms with van der Waals surface area (Å²) < 4.78 is 11.3. The first-order valence-electron chi connectivity index (χ1n) is 9.56. The van der Waals surface area contributed by atoms with Gasteiger partial charge in [0.1, 0.15) is 11.5 Å². The molecule has 5 nitrogen and oxygen atoms in total. The lowest BCUT2D eigenvalue weighted by Crippen LogP contribution is -2.36. The lowest BCUT2D eigenvalue weighted by atomic mass is 10.2. The number of carbonyl (C=O) groups excluding carboxylic acids is 1. The van der Waals surface area contributed by atoms with Crippen LogP contribution in [0.3, 0.4) is 0 Å². The normalized spacial score (nSPS) is 15.6. The van der Waals surface area contributed by atoms with Crippen molar-refractivity contribution >= 4 is 17.5 Å². The Kier molecular flexibility index (Phi) is 7.18. The zero-order chi connectivity index (χ0) is 19.1. The van der Waals surface area contributed by atoms with Crippen LogP contribution in [0, 0.1) is 6.92 Å². The predicted molar refractivity (Wildman–Crippen MR) is 106 cm³/mol. The number of aryl methyl sites for hydroxylation is 1. The molecule has 1 aliphatic rings. The molecule has 1 aliphatic heterocycles. The van der Waals surface area contributed by atoms with E-state index in [1.807, 2.05) is 37.3 Å². The van der Waals surface area contributed by atoms with Gasteiger partial charge in [-0.15, -0.1) is 0 Å². The Morgan fingerprint density at radius 2 is 2.15 bits per heavy atom. The molecule has 1 aromatic carbocycles. The van der Waals surface area contributed by atoms with Crippen LogP contribution >= 0.6 is 11.6 Å². The summed E-state index contributed by atoms with van der Waals surface area (Å²) in [5.41, 5.74) is 0.984. The van der Waals surface area contributed by atoms with Crippen LogP contribution in [-0.2, 0) is 4.79 Å². The van der Waals surface area contributed by atoms with Crippen molar-refractivity contribution < 1.29 is 13.9 Å². The summed E-state index contributed by atoms with van der Waals surface area (Å²) in [4.78, 5) is 14.6. The number of halogens is 1. The van der Waals surface area contributed by atoms with Crippen molar-refractivity contribution in [3.63, 3.8) is 0 Å². The van der Waals surface area contributed by atoms with Crippen molar-refractivity contribution in [2.24, 2.45) is 0 Å². The molecule has 1 amide bonds. The maximum atomic E-state index is 12.2. The van der Waals surface area contributed by atoms with Gasteiger partial charge in [0.25, 0.3) is 0 Å². The Bertz CT molecular complexity index is 727. The molecule has 27 heavy (non-hydrogen) atoms. The monoisotopic (exact) mass is 390 g/mol. The Labute approximate surface area is 165 Å². The molecule has 2 heterocycles. The van der Waals surface area contributed by atoms with Crippen molar-refractivity contribution in [1.29, 1.82) is 0 Å². The van der Waals surface area contributed by atoms with Gasteiger partial charge in [-0.1, -0.05) is 11.6 Å². The molecule has 1 fully saturated rings. The van der Waals surface area contributed by atoms with E-state index in [1.54, 1.807) is 6.26 Å². The third kappa shape index (κ3) is 5.75. The van der Waals surface area contributed by atoms with E-state index < -0.39 is 0 Å². The topological polar surface area (TPSA) is 54.7 Å². The number of rotatable bonds is 9. The van der Waals surface area contributed by atoms with Crippen LogP contribution < -0.4 is 10.1 Å². The SMILES string of the molecule is Cc1cc(OCCCC(=O)NCC(c2ccco2)N2CCCC2)ccc1Cl. The zero-order valence-electron chi connectivity index (χ0n) is 15.7. The van der Waals surface area contributed by atoms with Crippen molar-refractivity contribution in [3.8, 4) is 5.75 Å². The summed E-state index contributed by atoms with van der Waals surface area (Å²) in [6, 6.07) is 9.57. The summed E-state index contributed by atoms with van der Waals surface area (Å²) in [5.74, 6) is 1.74. The second-order valence-electron chi connectivity index (χ2n) is 6.94. The fraction of sp³-hybridized carbons (Fsp3) is 0.476. The number of amides is 1. The van der Waals surface area contributed by atoms with E-state index in [0.29, 0.717) is 26.0 Å². The van der Waals surface area contributed by atoms with E-state index >= 15 is 0 Å². The quantitative estimate of drug-likeness (QED) is 0.646. The summed E-state index contributed by atoms with van der Waals surface area (Å²) in [6.45, 7) is 5.12. The van der Waals surface area contributed by atoms with Gasteiger partial charge in [-0.2, -0.15) is 0 Å². The van der Waals surface area contributed by atoms with E-state index in [4.69, 9.17) is 20.8 Å². The van der Waals surface area contributed by atoms with Gasteiger partial charge in [0.15, 0.2) is 0 Å². The minimum absolute atomic E-state index is 0.0432. The van der Waals surface area contributed by atoms with Crippen molar-refractivity contribution in [2.45, 2.75) is 38.6 Å². The number of nitrogens with one attached hydrogen (secondary N) is 1. The number of ether oxygens (including phenoxy) is 1. The van der Waals surface area contributed by atoms with E-state index in [1.165, 1.54) is 12.8 Å². The van der Waals surface area contributed by atoms with Gasteiger partial charge in [0.05, 0.1) is 18.9 Å². The molecule has 2 aromatic rings. The minimum atomic E-state index is 0.0432. The Hall–Kier alpha value is -1.98. The molecule has 1 saturated heterocycles. The molecule has 0 radical (unpaired) electrons. The summed E-state index contributed by atoms with van der Waals surface area (Å²) in [6.07, 6.45) is 5.20. The number of benzene rings is 1. The molecule has 0 aliphatic carbocycles. The van der Waals surface area contributed by atoms with Gasteiger partial charge in [0, 0.05) is 18.0 Å². The van der Waals surface area contributed by atoms with E-state index in [0.717, 1.165) is 35.2 Å². The molecule has 0 saturated carbocycles. The highest BCUT2D eigenvalue weighted by Gasteiger charge is 2.25. The third-order valence-electron chi connectivity index (χ3n) is 4.89. The molecule has 3 rings (SSSR count). The smallest absolute Gasteiger partial charge is 0.220 e. The second-order valence-corrected chi connectivity index (χ2v) is 7.35. The highest BCUT2D eigenvalue weighted by Crippen LogP contribution is 2.25. The molecule has 1 atom stereocenters. The molecule has 1 unspecified atom stereocenters. The summed E-state index contributed by atoms with van der Waals surface area (Å²) in [5, 5.41) is 3.78. The second kappa shape index (κ2) is 9.81. The van der Waals surface area contributed by atoms with Gasteiger partial charge in [0.2, 0.25) is 5.91 Å². The van der Waals surface area contributed by atoms with Crippen LogP contribution in [0.25, 0.3) is 0 Å². The van der Waals surface area contributed by atoms with Gasteiger partial charge in [-0.25, -0.2) is 0 Å². The van der Waals surface area contributed by atoms with Crippen LogP contribution in [0.15, 0.2) is 41.0 Å². The molecule has 146 valence electrons. The Balaban J connectivity index is 1.39. The van der Waals surface area contributed by atoms with E-state index in [2.05, 4.69) is 10.2 Å². The van der Waals surface area contributed by atoms with Crippen LogP contribution in [0.1, 0.15) is 43.0 Å². The average Bonchev–Trinajstić information content (AvgIpc) is 3.36. The first kappa shape index (κ1) is 19.8. The number of nitrogens with zero attached hydrogens (tertiary/aromatic N) is 1.